The second-order valence-electron chi connectivity index (χ2n) is 4.33. The molecule has 0 aliphatic heterocycles. The highest BCUT2D eigenvalue weighted by Crippen LogP contribution is 2.22. The normalized spacial score (nSPS) is 11.9. The Kier molecular flexibility index (Phi) is 4.82. The molecule has 21 heavy (non-hydrogen) atoms. The molecule has 5 nitrogen and oxygen atoms in total. The number of phenolic OH excluding ortho intramolecular Hbond substituents is 1. The van der Waals surface area contributed by atoms with Crippen molar-refractivity contribution < 1.29 is 19.8 Å². The third kappa shape index (κ3) is 3.96. The second-order valence-corrected chi connectivity index (χ2v) is 5.66. The van der Waals surface area contributed by atoms with Crippen molar-refractivity contribution in [2.24, 2.45) is 0 Å². The van der Waals surface area contributed by atoms with Gasteiger partial charge in [0.05, 0.1) is 5.02 Å². The molecule has 2 rings (SSSR count). The van der Waals surface area contributed by atoms with Gasteiger partial charge in [-0.15, -0.1) is 11.3 Å². The number of phenols is 1. The molecule has 0 aliphatic rings. The lowest BCUT2D eigenvalue weighted by atomic mass is 10.1. The predicted molar refractivity (Wildman–Crippen MR) is 80.0 cm³/mol. The maximum Gasteiger partial charge on any atom is 0.326 e. The van der Waals surface area contributed by atoms with E-state index < -0.39 is 17.9 Å². The fourth-order valence-electron chi connectivity index (χ4n) is 1.75. The number of carboxylic acid groups (broad SMARTS) is 1. The average Bonchev–Trinajstić information content (AvgIpc) is 2.86. The Bertz CT molecular complexity index is 653. The van der Waals surface area contributed by atoms with E-state index >= 15 is 0 Å². The minimum absolute atomic E-state index is 0.0972. The molecule has 0 radical (unpaired) electrons. The van der Waals surface area contributed by atoms with Crippen molar-refractivity contribution >= 4 is 34.8 Å². The summed E-state index contributed by atoms with van der Waals surface area (Å²) in [6.07, 6.45) is 0.115. The number of benzene rings is 1. The van der Waals surface area contributed by atoms with Gasteiger partial charge in [-0.25, -0.2) is 4.79 Å². The molecule has 0 spiro atoms. The van der Waals surface area contributed by atoms with Crippen LogP contribution in [-0.4, -0.2) is 28.1 Å². The van der Waals surface area contributed by atoms with Crippen LogP contribution < -0.4 is 5.32 Å². The van der Waals surface area contributed by atoms with E-state index in [2.05, 4.69) is 5.32 Å². The number of aliphatic carboxylic acids is 1. The number of nitrogens with one attached hydrogen (secondary N) is 1. The first-order valence-electron chi connectivity index (χ1n) is 6.02. The van der Waals surface area contributed by atoms with E-state index in [1.165, 1.54) is 12.1 Å². The monoisotopic (exact) mass is 325 g/mol. The molecule has 1 aromatic heterocycles. The highest BCUT2D eigenvalue weighted by Gasteiger charge is 2.22. The van der Waals surface area contributed by atoms with Crippen molar-refractivity contribution in [3.8, 4) is 5.75 Å². The Labute approximate surface area is 129 Å². The van der Waals surface area contributed by atoms with Crippen LogP contribution in [0.3, 0.4) is 0 Å². The number of carbonyl (C=O) groups excluding carboxylic acids is 1. The molecule has 0 saturated carbocycles. The summed E-state index contributed by atoms with van der Waals surface area (Å²) in [5, 5.41) is 22.8. The SMILES string of the molecule is O=C(N[C@@H](Cc1ccc(O)cc1)C(=O)O)c1sccc1Cl. The molecule has 3 N–H and O–H groups in total. The fourth-order valence-corrected chi connectivity index (χ4v) is 2.79. The van der Waals surface area contributed by atoms with Crippen LogP contribution in [0.5, 0.6) is 5.75 Å². The Balaban J connectivity index is 2.09. The maximum absolute atomic E-state index is 12.0. The number of hydrogen-bond acceptors (Lipinski definition) is 4. The number of amides is 1. The number of aromatic hydroxyl groups is 1. The van der Waals surface area contributed by atoms with Crippen LogP contribution in [0, 0.1) is 0 Å². The Morgan fingerprint density at radius 2 is 1.90 bits per heavy atom. The van der Waals surface area contributed by atoms with Gasteiger partial charge in [-0.2, -0.15) is 0 Å². The van der Waals surface area contributed by atoms with Crippen molar-refractivity contribution in [3.63, 3.8) is 0 Å². The van der Waals surface area contributed by atoms with Gasteiger partial charge in [-0.1, -0.05) is 23.7 Å². The van der Waals surface area contributed by atoms with E-state index in [0.717, 1.165) is 11.3 Å². The number of rotatable bonds is 5. The van der Waals surface area contributed by atoms with Crippen LogP contribution >= 0.6 is 22.9 Å². The van der Waals surface area contributed by atoms with Crippen LogP contribution in [0.1, 0.15) is 15.2 Å². The van der Waals surface area contributed by atoms with Crippen LogP contribution in [0.25, 0.3) is 0 Å². The lowest BCUT2D eigenvalue weighted by Crippen LogP contribution is -2.42. The summed E-state index contributed by atoms with van der Waals surface area (Å²) in [5.74, 6) is -1.55. The second kappa shape index (κ2) is 6.60. The quantitative estimate of drug-likeness (QED) is 0.788. The van der Waals surface area contributed by atoms with Crippen molar-refractivity contribution in [2.45, 2.75) is 12.5 Å². The Morgan fingerprint density at radius 3 is 2.43 bits per heavy atom. The number of halogens is 1. The van der Waals surface area contributed by atoms with Gasteiger partial charge >= 0.3 is 5.97 Å². The maximum atomic E-state index is 12.0. The van der Waals surface area contributed by atoms with E-state index in [9.17, 15) is 19.8 Å². The standard InChI is InChI=1S/C14H12ClNO4S/c15-10-5-6-21-12(10)13(18)16-11(14(19)20)7-8-1-3-9(17)4-2-8/h1-6,11,17H,7H2,(H,16,18)(H,19,20)/t11-/m0/s1. The highest BCUT2D eigenvalue weighted by molar-refractivity contribution is 7.12. The number of thiophene rings is 1. The minimum atomic E-state index is -1.14. The molecule has 7 heteroatoms. The van der Waals surface area contributed by atoms with Gasteiger partial charge in [0.25, 0.3) is 5.91 Å². The summed E-state index contributed by atoms with van der Waals surface area (Å²) in [4.78, 5) is 23.6. The van der Waals surface area contributed by atoms with E-state index in [1.807, 2.05) is 0 Å². The molecular formula is C14H12ClNO4S. The van der Waals surface area contributed by atoms with E-state index in [0.29, 0.717) is 10.6 Å². The lowest BCUT2D eigenvalue weighted by molar-refractivity contribution is -0.139. The van der Waals surface area contributed by atoms with Crippen LogP contribution in [0.15, 0.2) is 35.7 Å². The first-order chi connectivity index (χ1) is 9.97. The van der Waals surface area contributed by atoms with E-state index in [-0.39, 0.29) is 17.0 Å². The first kappa shape index (κ1) is 15.3. The molecule has 0 aliphatic carbocycles. The van der Waals surface area contributed by atoms with Gasteiger partial charge in [-0.05, 0) is 29.1 Å². The fraction of sp³-hybridized carbons (Fsp3) is 0.143. The van der Waals surface area contributed by atoms with E-state index in [1.54, 1.807) is 23.6 Å². The molecule has 1 aromatic carbocycles. The summed E-state index contributed by atoms with van der Waals surface area (Å²) >= 11 is 7.00. The van der Waals surface area contributed by atoms with Crippen molar-refractivity contribution in [1.82, 2.24) is 5.32 Å². The zero-order valence-corrected chi connectivity index (χ0v) is 12.3. The van der Waals surface area contributed by atoms with E-state index in [4.69, 9.17) is 11.6 Å². The molecule has 0 unspecified atom stereocenters. The summed E-state index contributed by atoms with van der Waals surface area (Å²) < 4.78 is 0. The van der Waals surface area contributed by atoms with Gasteiger partial charge in [-0.3, -0.25) is 4.79 Å². The number of carbonyl (C=O) groups is 2. The number of hydrogen-bond donors (Lipinski definition) is 3. The lowest BCUT2D eigenvalue weighted by Gasteiger charge is -2.14. The largest absolute Gasteiger partial charge is 0.508 e. The zero-order chi connectivity index (χ0) is 15.4. The molecular weight excluding hydrogens is 314 g/mol. The molecule has 1 amide bonds. The first-order valence-corrected chi connectivity index (χ1v) is 7.27. The number of carboxylic acids is 1. The molecule has 1 heterocycles. The molecule has 0 fully saturated rings. The van der Waals surface area contributed by atoms with Gasteiger partial charge in [0.1, 0.15) is 16.7 Å². The third-order valence-corrected chi connectivity index (χ3v) is 4.14. The zero-order valence-electron chi connectivity index (χ0n) is 10.7. The van der Waals surface area contributed by atoms with Gasteiger partial charge < -0.3 is 15.5 Å². The van der Waals surface area contributed by atoms with Crippen molar-refractivity contribution in [1.29, 1.82) is 0 Å². The molecule has 0 saturated heterocycles. The van der Waals surface area contributed by atoms with Crippen LogP contribution in [-0.2, 0) is 11.2 Å². The summed E-state index contributed by atoms with van der Waals surface area (Å²) in [5.41, 5.74) is 0.692. The molecule has 2 aromatic rings. The third-order valence-electron chi connectivity index (χ3n) is 2.80. The summed E-state index contributed by atoms with van der Waals surface area (Å²) in [6.45, 7) is 0. The van der Waals surface area contributed by atoms with Crippen LogP contribution in [0.4, 0.5) is 0 Å². The Hall–Kier alpha value is -2.05. The topological polar surface area (TPSA) is 86.6 Å². The Morgan fingerprint density at radius 1 is 1.24 bits per heavy atom. The van der Waals surface area contributed by atoms with Crippen molar-refractivity contribution in [2.75, 3.05) is 0 Å². The molecule has 110 valence electrons. The van der Waals surface area contributed by atoms with Crippen molar-refractivity contribution in [3.05, 3.63) is 51.2 Å². The molecule has 1 atom stereocenters. The summed E-state index contributed by atoms with van der Waals surface area (Å²) in [7, 11) is 0. The predicted octanol–water partition coefficient (Wildman–Crippen LogP) is 2.53. The van der Waals surface area contributed by atoms with Gasteiger partial charge in [0.2, 0.25) is 0 Å². The average molecular weight is 326 g/mol. The summed E-state index contributed by atoms with van der Waals surface area (Å²) in [6, 6.07) is 6.65. The minimum Gasteiger partial charge on any atom is -0.508 e. The van der Waals surface area contributed by atoms with Crippen LogP contribution in [0.2, 0.25) is 5.02 Å². The highest BCUT2D eigenvalue weighted by atomic mass is 35.5. The van der Waals surface area contributed by atoms with Gasteiger partial charge in [0, 0.05) is 6.42 Å². The smallest absolute Gasteiger partial charge is 0.326 e. The molecule has 0 bridgehead atoms. The van der Waals surface area contributed by atoms with Gasteiger partial charge in [0.15, 0.2) is 0 Å².